The molecular formula is C19H18N4O. The number of allylic oxidation sites excluding steroid dienone is 1. The van der Waals surface area contributed by atoms with Gasteiger partial charge in [-0.2, -0.15) is 0 Å². The molecule has 1 fully saturated rings. The van der Waals surface area contributed by atoms with E-state index in [0.717, 1.165) is 40.9 Å². The summed E-state index contributed by atoms with van der Waals surface area (Å²) in [5.74, 6) is 0.538. The van der Waals surface area contributed by atoms with Crippen LogP contribution in [0.15, 0.2) is 55.6 Å². The number of hydrogen-bond donors (Lipinski definition) is 1. The third-order valence-electron chi connectivity index (χ3n) is 4.55. The van der Waals surface area contributed by atoms with Gasteiger partial charge < -0.3 is 9.88 Å². The second kappa shape index (κ2) is 5.92. The van der Waals surface area contributed by atoms with Crippen LogP contribution in [0, 0.1) is 5.92 Å². The number of ketones is 1. The van der Waals surface area contributed by atoms with Crippen LogP contribution in [-0.4, -0.2) is 33.8 Å². The lowest BCUT2D eigenvalue weighted by molar-refractivity contribution is -0.115. The second-order valence-corrected chi connectivity index (χ2v) is 6.17. The molecule has 0 atom stereocenters. The number of anilines is 1. The summed E-state index contributed by atoms with van der Waals surface area (Å²) in [6, 6.07) is 6.16. The number of pyridine rings is 2. The second-order valence-electron chi connectivity index (χ2n) is 6.17. The van der Waals surface area contributed by atoms with E-state index < -0.39 is 0 Å². The van der Waals surface area contributed by atoms with Gasteiger partial charge in [0.1, 0.15) is 5.65 Å². The number of carbonyl (C=O) groups excluding carboxylic acids is 1. The van der Waals surface area contributed by atoms with Gasteiger partial charge in [0, 0.05) is 55.0 Å². The summed E-state index contributed by atoms with van der Waals surface area (Å²) < 4.78 is 0. The highest BCUT2D eigenvalue weighted by molar-refractivity contribution is 5.95. The molecule has 3 aromatic rings. The van der Waals surface area contributed by atoms with Gasteiger partial charge in [-0.05, 0) is 29.8 Å². The molecule has 0 aromatic carbocycles. The lowest BCUT2D eigenvalue weighted by Gasteiger charge is -2.40. The van der Waals surface area contributed by atoms with Crippen molar-refractivity contribution >= 4 is 22.5 Å². The zero-order valence-corrected chi connectivity index (χ0v) is 13.3. The Balaban J connectivity index is 1.58. The Morgan fingerprint density at radius 3 is 2.92 bits per heavy atom. The van der Waals surface area contributed by atoms with Crippen molar-refractivity contribution in [1.82, 2.24) is 15.0 Å². The van der Waals surface area contributed by atoms with Gasteiger partial charge in [0.15, 0.2) is 5.78 Å². The lowest BCUT2D eigenvalue weighted by Crippen LogP contribution is -2.47. The first-order valence-corrected chi connectivity index (χ1v) is 8.02. The number of hydrogen-bond acceptors (Lipinski definition) is 4. The number of fused-ring (bicyclic) bond motifs is 1. The Bertz CT molecular complexity index is 894. The Morgan fingerprint density at radius 1 is 1.38 bits per heavy atom. The van der Waals surface area contributed by atoms with E-state index in [1.165, 1.54) is 6.08 Å². The first-order chi connectivity index (χ1) is 11.7. The number of carbonyl (C=O) groups is 1. The van der Waals surface area contributed by atoms with Gasteiger partial charge in [-0.3, -0.25) is 9.78 Å². The fourth-order valence-corrected chi connectivity index (χ4v) is 3.21. The minimum Gasteiger partial charge on any atom is -0.370 e. The third kappa shape index (κ3) is 2.58. The number of aromatic amines is 1. The van der Waals surface area contributed by atoms with Crippen molar-refractivity contribution in [2.45, 2.75) is 6.42 Å². The van der Waals surface area contributed by atoms with Gasteiger partial charge in [0.25, 0.3) is 0 Å². The van der Waals surface area contributed by atoms with E-state index >= 15 is 0 Å². The van der Waals surface area contributed by atoms with Crippen molar-refractivity contribution in [2.24, 2.45) is 5.92 Å². The fourth-order valence-electron chi connectivity index (χ4n) is 3.21. The molecule has 1 aliphatic rings. The Morgan fingerprint density at radius 2 is 2.17 bits per heavy atom. The number of aromatic nitrogens is 3. The van der Waals surface area contributed by atoms with Crippen LogP contribution in [0.5, 0.6) is 0 Å². The standard InChI is InChI=1S/C19H18N4O/c1-2-16(24)7-13-11-23(12-13)15-8-17-18(10-22-19(17)21-9-15)14-3-5-20-6-4-14/h2-6,8-10,13H,1,7,11-12H2,(H,21,22). The maximum Gasteiger partial charge on any atom is 0.155 e. The highest BCUT2D eigenvalue weighted by Gasteiger charge is 2.28. The van der Waals surface area contributed by atoms with E-state index in [0.29, 0.717) is 12.3 Å². The zero-order valence-electron chi connectivity index (χ0n) is 13.3. The maximum absolute atomic E-state index is 11.4. The van der Waals surface area contributed by atoms with Crippen LogP contribution >= 0.6 is 0 Å². The van der Waals surface area contributed by atoms with Crippen molar-refractivity contribution < 1.29 is 4.79 Å². The van der Waals surface area contributed by atoms with E-state index in [1.807, 2.05) is 24.5 Å². The third-order valence-corrected chi connectivity index (χ3v) is 4.55. The topological polar surface area (TPSA) is 61.9 Å². The highest BCUT2D eigenvalue weighted by atomic mass is 16.1. The van der Waals surface area contributed by atoms with Gasteiger partial charge >= 0.3 is 0 Å². The molecule has 0 bridgehead atoms. The summed E-state index contributed by atoms with van der Waals surface area (Å²) in [5, 5.41) is 1.10. The molecule has 0 unspecified atom stereocenters. The van der Waals surface area contributed by atoms with E-state index in [2.05, 4.69) is 32.5 Å². The molecule has 120 valence electrons. The minimum atomic E-state index is 0.124. The monoisotopic (exact) mass is 318 g/mol. The Labute approximate surface area is 140 Å². The Hall–Kier alpha value is -2.95. The average Bonchev–Trinajstić information content (AvgIpc) is 3.01. The predicted octanol–water partition coefficient (Wildman–Crippen LogP) is 3.21. The van der Waals surface area contributed by atoms with Crippen molar-refractivity contribution in [3.05, 3.63) is 55.6 Å². The highest BCUT2D eigenvalue weighted by Crippen LogP contribution is 2.32. The summed E-state index contributed by atoms with van der Waals surface area (Å²) >= 11 is 0. The van der Waals surface area contributed by atoms with E-state index in [4.69, 9.17) is 0 Å². The molecule has 0 amide bonds. The SMILES string of the molecule is C=CC(=O)CC1CN(c2cnc3[nH]cc(-c4ccncc4)c3c2)C1. The molecule has 0 saturated carbocycles. The largest absolute Gasteiger partial charge is 0.370 e. The molecule has 3 aromatic heterocycles. The van der Waals surface area contributed by atoms with E-state index in [9.17, 15) is 4.79 Å². The first-order valence-electron chi connectivity index (χ1n) is 8.02. The van der Waals surface area contributed by atoms with Gasteiger partial charge in [-0.15, -0.1) is 0 Å². The molecule has 0 aliphatic carbocycles. The molecular weight excluding hydrogens is 300 g/mol. The van der Waals surface area contributed by atoms with Gasteiger partial charge in [-0.1, -0.05) is 6.58 Å². The number of nitrogens with one attached hydrogen (secondary N) is 1. The van der Waals surface area contributed by atoms with Gasteiger partial charge in [-0.25, -0.2) is 4.98 Å². The van der Waals surface area contributed by atoms with Crippen molar-refractivity contribution in [3.8, 4) is 11.1 Å². The lowest BCUT2D eigenvalue weighted by atomic mass is 9.93. The van der Waals surface area contributed by atoms with Crippen LogP contribution in [0.2, 0.25) is 0 Å². The van der Waals surface area contributed by atoms with Crippen LogP contribution in [-0.2, 0) is 4.79 Å². The minimum absolute atomic E-state index is 0.124. The predicted molar refractivity (Wildman–Crippen MR) is 94.8 cm³/mol. The molecule has 0 radical (unpaired) electrons. The quantitative estimate of drug-likeness (QED) is 0.734. The fraction of sp³-hybridized carbons (Fsp3) is 0.211. The molecule has 24 heavy (non-hydrogen) atoms. The Kier molecular flexibility index (Phi) is 3.61. The number of H-pyrrole nitrogens is 1. The number of nitrogens with zero attached hydrogens (tertiary/aromatic N) is 3. The van der Waals surface area contributed by atoms with E-state index in [1.54, 1.807) is 12.4 Å². The van der Waals surface area contributed by atoms with Gasteiger partial charge in [0.2, 0.25) is 0 Å². The van der Waals surface area contributed by atoms with Crippen molar-refractivity contribution in [3.63, 3.8) is 0 Å². The molecule has 0 spiro atoms. The van der Waals surface area contributed by atoms with Gasteiger partial charge in [0.05, 0.1) is 11.9 Å². The molecule has 1 saturated heterocycles. The summed E-state index contributed by atoms with van der Waals surface area (Å²) in [4.78, 5) is 25.5. The molecule has 5 nitrogen and oxygen atoms in total. The van der Waals surface area contributed by atoms with Crippen LogP contribution in [0.3, 0.4) is 0 Å². The molecule has 1 aliphatic heterocycles. The van der Waals surface area contributed by atoms with Crippen LogP contribution < -0.4 is 4.90 Å². The van der Waals surface area contributed by atoms with E-state index in [-0.39, 0.29) is 5.78 Å². The van der Waals surface area contributed by atoms with Crippen LogP contribution in [0.25, 0.3) is 22.2 Å². The summed E-state index contributed by atoms with van der Waals surface area (Å²) in [5.41, 5.74) is 4.22. The molecule has 4 rings (SSSR count). The molecule has 5 heteroatoms. The summed E-state index contributed by atoms with van der Waals surface area (Å²) in [6.07, 6.45) is 9.46. The molecule has 1 N–H and O–H groups in total. The van der Waals surface area contributed by atoms with Crippen molar-refractivity contribution in [2.75, 3.05) is 18.0 Å². The summed E-state index contributed by atoms with van der Waals surface area (Å²) in [7, 11) is 0. The number of rotatable bonds is 5. The van der Waals surface area contributed by atoms with Crippen LogP contribution in [0.1, 0.15) is 6.42 Å². The summed E-state index contributed by atoms with van der Waals surface area (Å²) in [6.45, 7) is 5.32. The smallest absolute Gasteiger partial charge is 0.155 e. The first kappa shape index (κ1) is 14.6. The maximum atomic E-state index is 11.4. The average molecular weight is 318 g/mol. The molecule has 4 heterocycles. The normalized spacial score (nSPS) is 14.6. The zero-order chi connectivity index (χ0) is 16.5. The van der Waals surface area contributed by atoms with Crippen LogP contribution in [0.4, 0.5) is 5.69 Å². The van der Waals surface area contributed by atoms with Crippen molar-refractivity contribution in [1.29, 1.82) is 0 Å².